The lowest BCUT2D eigenvalue weighted by molar-refractivity contribution is 0.996. The van der Waals surface area contributed by atoms with Crippen LogP contribution in [-0.4, -0.2) is 52.3 Å². The van der Waals surface area contributed by atoms with Gasteiger partial charge in [-0.05, 0) is 203 Å². The number of rotatable bonds is 14. The van der Waals surface area contributed by atoms with E-state index in [1.54, 1.807) is 0 Å². The second kappa shape index (κ2) is 35.5. The van der Waals surface area contributed by atoms with Crippen LogP contribution in [0.2, 0.25) is 0 Å². The molecule has 11 heteroatoms. The Morgan fingerprint density at radius 1 is 0.111 bits per heavy atom. The molecule has 0 atom stereocenters. The molecule has 11 nitrogen and oxygen atoms in total. The van der Waals surface area contributed by atoms with Gasteiger partial charge < -0.3 is 22.8 Å². The first-order valence-corrected chi connectivity index (χ1v) is 48.8. The second-order valence-corrected chi connectivity index (χ2v) is 36.6. The van der Waals surface area contributed by atoms with Gasteiger partial charge >= 0.3 is 0 Å². The Kier molecular flexibility index (Phi) is 20.7. The third kappa shape index (κ3) is 14.7. The molecule has 0 saturated heterocycles. The quantitative estimate of drug-likeness (QED) is 0.108. The molecule has 8 heterocycles. The molecule has 674 valence electrons. The van der Waals surface area contributed by atoms with E-state index in [2.05, 4.69) is 482 Å². The Bertz CT molecular complexity index is 9380. The number of nitrogens with zero attached hydrogens (tertiary/aromatic N) is 11. The molecule has 0 aliphatic heterocycles. The van der Waals surface area contributed by atoms with Crippen LogP contribution in [0.15, 0.2) is 528 Å². The van der Waals surface area contributed by atoms with Gasteiger partial charge in [0.15, 0.2) is 17.5 Å². The predicted octanol–water partition coefficient (Wildman–Crippen LogP) is 34.0. The average Bonchev–Trinajstić information content (AvgIpc) is 1.58. The summed E-state index contributed by atoms with van der Waals surface area (Å²) in [6.07, 6.45) is 0. The van der Waals surface area contributed by atoms with Gasteiger partial charge in [0.1, 0.15) is 0 Å². The van der Waals surface area contributed by atoms with Crippen LogP contribution in [0, 0.1) is 0 Å². The standard InChI is InChI=1S/C48H32N2.C45H29N5.C40H26N4/c1-4-14-33(15-5-1)36-28-37(34-16-6-2-7-17-34)30-38(29-36)35-24-26-40(27-25-35)50-46-23-13-11-21-42(46)44-31-47-43(32-48(44)50)41-20-10-12-22-45(41)49(47)39-18-8-3-9-19-39;1-4-14-30(15-5-1)43-46-44(31-16-6-2-7-17-31)48-45(47-43)32-24-26-34(27-25-32)50-40-23-13-11-21-36(40)38-28-41-37(29-42(38)50)35-20-10-12-22-39(35)49(41)33-18-8-3-9-19-33;1-4-14-27(15-5-1)34-26-35(28-16-6-2-7-17-28)42-40(41-34)44-37-23-13-11-21-31(37)33-24-38-32(25-39(33)44)30-20-10-12-22-36(30)43(38)29-18-8-3-9-19-29/h1-32H;1-29H;1-26H. The highest BCUT2D eigenvalue weighted by Gasteiger charge is 2.26. The molecule has 144 heavy (non-hydrogen) atoms. The molecule has 0 saturated carbocycles. The predicted molar refractivity (Wildman–Crippen MR) is 598 cm³/mol. The molecule has 0 aliphatic rings. The molecule has 0 aliphatic carbocycles. The summed E-state index contributed by atoms with van der Waals surface area (Å²) in [4.78, 5) is 25.2. The van der Waals surface area contributed by atoms with Crippen molar-refractivity contribution < 1.29 is 0 Å². The van der Waals surface area contributed by atoms with Crippen LogP contribution in [0.25, 0.3) is 255 Å². The number of hydrogen-bond donors (Lipinski definition) is 0. The van der Waals surface area contributed by atoms with Crippen LogP contribution < -0.4 is 0 Å². The Morgan fingerprint density at radius 3 is 0.562 bits per heavy atom. The third-order valence-electron chi connectivity index (χ3n) is 28.2. The lowest BCUT2D eigenvalue weighted by Gasteiger charge is -2.13. The summed E-state index contributed by atoms with van der Waals surface area (Å²) in [6.45, 7) is 0. The van der Waals surface area contributed by atoms with Gasteiger partial charge in [-0.25, -0.2) is 24.9 Å². The average molecular weight is 1840 g/mol. The molecular weight excluding hydrogens is 1750 g/mol. The normalized spacial score (nSPS) is 11.6. The first-order valence-electron chi connectivity index (χ1n) is 48.8. The van der Waals surface area contributed by atoms with Crippen LogP contribution in [-0.2, 0) is 0 Å². The van der Waals surface area contributed by atoms with Crippen molar-refractivity contribution in [2.24, 2.45) is 0 Å². The van der Waals surface area contributed by atoms with E-state index in [9.17, 15) is 0 Å². The molecule has 0 spiro atoms. The molecule has 29 aromatic rings. The molecule has 0 unspecified atom stereocenters. The van der Waals surface area contributed by atoms with Crippen molar-refractivity contribution >= 4 is 131 Å². The highest BCUT2D eigenvalue weighted by Crippen LogP contribution is 2.46. The van der Waals surface area contributed by atoms with E-state index < -0.39 is 0 Å². The van der Waals surface area contributed by atoms with Crippen LogP contribution in [0.3, 0.4) is 0 Å². The van der Waals surface area contributed by atoms with Crippen molar-refractivity contribution in [3.05, 3.63) is 528 Å². The Balaban J connectivity index is 0.000000108. The number of aromatic nitrogens is 11. The van der Waals surface area contributed by atoms with Crippen molar-refractivity contribution in [1.29, 1.82) is 0 Å². The minimum absolute atomic E-state index is 0.641. The van der Waals surface area contributed by atoms with Gasteiger partial charge in [-0.3, -0.25) is 4.57 Å². The first kappa shape index (κ1) is 83.8. The van der Waals surface area contributed by atoms with Gasteiger partial charge in [0.05, 0.1) is 77.6 Å². The number of hydrogen-bond acceptors (Lipinski definition) is 5. The fourth-order valence-corrected chi connectivity index (χ4v) is 21.6. The summed E-state index contributed by atoms with van der Waals surface area (Å²) in [5.41, 5.74) is 33.8. The van der Waals surface area contributed by atoms with Crippen molar-refractivity contribution in [1.82, 2.24) is 52.3 Å². The minimum Gasteiger partial charge on any atom is -0.309 e. The van der Waals surface area contributed by atoms with Crippen molar-refractivity contribution in [3.8, 4) is 124 Å². The fourth-order valence-electron chi connectivity index (χ4n) is 21.6. The largest absolute Gasteiger partial charge is 0.309 e. The maximum Gasteiger partial charge on any atom is 0.235 e. The molecular formula is C133H87N11. The summed E-state index contributed by atoms with van der Waals surface area (Å²) in [5, 5.41) is 14.7. The van der Waals surface area contributed by atoms with E-state index in [4.69, 9.17) is 24.9 Å². The van der Waals surface area contributed by atoms with E-state index in [1.165, 1.54) is 153 Å². The molecule has 0 bridgehead atoms. The minimum atomic E-state index is 0.641. The van der Waals surface area contributed by atoms with Crippen LogP contribution in [0.1, 0.15) is 0 Å². The molecule has 0 amide bonds. The van der Waals surface area contributed by atoms with E-state index in [-0.39, 0.29) is 0 Å². The fraction of sp³-hybridized carbons (Fsp3) is 0. The van der Waals surface area contributed by atoms with E-state index in [0.29, 0.717) is 23.4 Å². The second-order valence-electron chi connectivity index (χ2n) is 36.6. The van der Waals surface area contributed by atoms with Crippen LogP contribution in [0.5, 0.6) is 0 Å². The zero-order valence-electron chi connectivity index (χ0n) is 78.1. The highest BCUT2D eigenvalue weighted by molar-refractivity contribution is 6.22. The van der Waals surface area contributed by atoms with Gasteiger partial charge in [0.2, 0.25) is 5.95 Å². The van der Waals surface area contributed by atoms with Gasteiger partial charge in [-0.15, -0.1) is 0 Å². The SMILES string of the molecule is c1ccc(-c2cc(-c3ccccc3)cc(-c3ccc(-n4c5ccccc5c5cc6c(cc54)c4ccccc4n6-c4ccccc4)cc3)c2)cc1.c1ccc(-c2cc(-c3ccccc3)nc(-n3c4ccccc4c4cc5c(cc43)c3ccccc3n5-c3ccccc3)n2)cc1.c1ccc(-c2nc(-c3ccccc3)nc(-c3ccc(-n4c5ccccc5c5cc6c(cc54)c4ccccc4n6-c4ccccc4)cc3)n2)cc1. The number of benzene rings is 21. The molecule has 8 aromatic heterocycles. The third-order valence-corrected chi connectivity index (χ3v) is 28.2. The lowest BCUT2D eigenvalue weighted by Crippen LogP contribution is -2.04. The molecule has 0 radical (unpaired) electrons. The first-order chi connectivity index (χ1) is 71.4. The lowest BCUT2D eigenvalue weighted by atomic mass is 9.93. The molecule has 0 N–H and O–H groups in total. The Labute approximate surface area is 829 Å². The molecule has 0 fully saturated rings. The number of para-hydroxylation sites is 9. The Hall–Kier alpha value is -19.5. The van der Waals surface area contributed by atoms with Crippen molar-refractivity contribution in [3.63, 3.8) is 0 Å². The maximum atomic E-state index is 5.21. The van der Waals surface area contributed by atoms with Gasteiger partial charge in [0, 0.05) is 121 Å². The van der Waals surface area contributed by atoms with Gasteiger partial charge in [-0.2, -0.15) is 0 Å². The number of fused-ring (bicyclic) bond motifs is 18. The van der Waals surface area contributed by atoms with E-state index >= 15 is 0 Å². The highest BCUT2D eigenvalue weighted by atomic mass is 15.2. The monoisotopic (exact) mass is 1840 g/mol. The maximum absolute atomic E-state index is 5.21. The van der Waals surface area contributed by atoms with Gasteiger partial charge in [-0.1, -0.05) is 358 Å². The van der Waals surface area contributed by atoms with Crippen molar-refractivity contribution in [2.45, 2.75) is 0 Å². The van der Waals surface area contributed by atoms with Crippen LogP contribution in [0.4, 0.5) is 0 Å². The zero-order chi connectivity index (χ0) is 95.1. The summed E-state index contributed by atoms with van der Waals surface area (Å²) in [7, 11) is 0. The summed E-state index contributed by atoms with van der Waals surface area (Å²) < 4.78 is 14.2. The van der Waals surface area contributed by atoms with Crippen LogP contribution >= 0.6 is 0 Å². The molecule has 29 rings (SSSR count). The Morgan fingerprint density at radius 2 is 0.299 bits per heavy atom. The molecule has 21 aromatic carbocycles. The topological polar surface area (TPSA) is 94.0 Å². The smallest absolute Gasteiger partial charge is 0.235 e. The summed E-state index contributed by atoms with van der Waals surface area (Å²) >= 11 is 0. The van der Waals surface area contributed by atoms with E-state index in [1.807, 2.05) is 72.8 Å². The summed E-state index contributed by atoms with van der Waals surface area (Å²) in [6, 6.07) is 187. The van der Waals surface area contributed by atoms with Crippen molar-refractivity contribution in [2.75, 3.05) is 0 Å². The zero-order valence-corrected chi connectivity index (χ0v) is 78.1. The van der Waals surface area contributed by atoms with E-state index in [0.717, 1.165) is 78.5 Å². The summed E-state index contributed by atoms with van der Waals surface area (Å²) in [5.74, 6) is 2.60. The van der Waals surface area contributed by atoms with Gasteiger partial charge in [0.25, 0.3) is 0 Å².